The quantitative estimate of drug-likeness (QED) is 0.339. The molecule has 0 aromatic heterocycles. The van der Waals surface area contributed by atoms with Crippen LogP contribution in [0.4, 0.5) is 4.39 Å². The zero-order valence-corrected chi connectivity index (χ0v) is 19.5. The second-order valence-corrected chi connectivity index (χ2v) is 7.38. The zero-order chi connectivity index (χ0) is 19.9. The highest BCUT2D eigenvalue weighted by Crippen LogP contribution is 2.38. The number of hydrogen-bond acceptors (Lipinski definition) is 3. The number of halogens is 2. The monoisotopic (exact) mass is 506 g/mol. The molecule has 0 aliphatic heterocycles. The highest BCUT2D eigenvalue weighted by molar-refractivity contribution is 14.0. The van der Waals surface area contributed by atoms with Gasteiger partial charge in [-0.2, -0.15) is 0 Å². The van der Waals surface area contributed by atoms with Crippen molar-refractivity contribution < 1.29 is 13.9 Å². The van der Waals surface area contributed by atoms with E-state index in [1.165, 1.54) is 12.1 Å². The second kappa shape index (κ2) is 11.4. The van der Waals surface area contributed by atoms with Gasteiger partial charge in [0.1, 0.15) is 17.7 Å². The summed E-state index contributed by atoms with van der Waals surface area (Å²) in [5.74, 6) is 1.15. The van der Waals surface area contributed by atoms with Gasteiger partial charge in [0.2, 0.25) is 5.91 Å². The molecule has 0 bridgehead atoms. The van der Waals surface area contributed by atoms with Gasteiger partial charge in [0.15, 0.2) is 5.96 Å². The summed E-state index contributed by atoms with van der Waals surface area (Å²) in [5, 5.41) is 6.53. The molecule has 158 valence electrons. The Morgan fingerprint density at radius 3 is 2.39 bits per heavy atom. The fourth-order valence-electron chi connectivity index (χ4n) is 3.49. The zero-order valence-electron chi connectivity index (χ0n) is 17.1. The van der Waals surface area contributed by atoms with Gasteiger partial charge < -0.3 is 20.3 Å². The van der Waals surface area contributed by atoms with E-state index in [4.69, 9.17) is 4.74 Å². The van der Waals surface area contributed by atoms with Crippen molar-refractivity contribution in [1.29, 1.82) is 0 Å². The summed E-state index contributed by atoms with van der Waals surface area (Å²) < 4.78 is 18.7. The molecule has 1 atom stereocenters. The number of rotatable bonds is 7. The van der Waals surface area contributed by atoms with Crippen LogP contribution in [-0.4, -0.2) is 57.1 Å². The van der Waals surface area contributed by atoms with E-state index in [2.05, 4.69) is 15.6 Å². The standard InChI is InChI=1S/C20H31FN4O2.HI/c1-15(27-17-9-7-16(21)8-10-17)13-23-19(22-2)24-14-20(11-5-6-12-20)18(26)25(3)4;/h7-10,15H,5-6,11-14H2,1-4H3,(H2,22,23,24);1H. The number of aliphatic imine (C=N–C) groups is 1. The molecular formula is C20H32FIN4O2. The Bertz CT molecular complexity index is 646. The van der Waals surface area contributed by atoms with Crippen molar-refractivity contribution in [3.63, 3.8) is 0 Å². The fraction of sp³-hybridized carbons (Fsp3) is 0.600. The van der Waals surface area contributed by atoms with Crippen molar-refractivity contribution in [2.45, 2.75) is 38.7 Å². The molecule has 1 aliphatic rings. The number of nitrogens with one attached hydrogen (secondary N) is 2. The minimum Gasteiger partial charge on any atom is -0.489 e. The number of nitrogens with zero attached hydrogens (tertiary/aromatic N) is 2. The lowest BCUT2D eigenvalue weighted by molar-refractivity contribution is -0.138. The number of carbonyl (C=O) groups is 1. The summed E-state index contributed by atoms with van der Waals surface area (Å²) >= 11 is 0. The van der Waals surface area contributed by atoms with Crippen LogP contribution < -0.4 is 15.4 Å². The van der Waals surface area contributed by atoms with Crippen molar-refractivity contribution in [1.82, 2.24) is 15.5 Å². The summed E-state index contributed by atoms with van der Waals surface area (Å²) in [5.41, 5.74) is -0.350. The Balaban J connectivity index is 0.00000392. The first kappa shape index (κ1) is 24.5. The van der Waals surface area contributed by atoms with Crippen LogP contribution in [0.2, 0.25) is 0 Å². The topological polar surface area (TPSA) is 66.0 Å². The van der Waals surface area contributed by atoms with Crippen LogP contribution in [0, 0.1) is 11.2 Å². The maximum absolute atomic E-state index is 13.0. The minimum atomic E-state index is -0.350. The largest absolute Gasteiger partial charge is 0.489 e. The number of benzene rings is 1. The molecule has 6 nitrogen and oxygen atoms in total. The van der Waals surface area contributed by atoms with Gasteiger partial charge >= 0.3 is 0 Å². The Labute approximate surface area is 184 Å². The normalized spacial score (nSPS) is 16.7. The van der Waals surface area contributed by atoms with E-state index in [1.807, 2.05) is 21.0 Å². The van der Waals surface area contributed by atoms with E-state index in [0.29, 0.717) is 24.8 Å². The van der Waals surface area contributed by atoms with Crippen LogP contribution in [0.3, 0.4) is 0 Å². The minimum absolute atomic E-state index is 0. The van der Waals surface area contributed by atoms with Crippen LogP contribution in [-0.2, 0) is 4.79 Å². The van der Waals surface area contributed by atoms with Crippen LogP contribution >= 0.6 is 24.0 Å². The molecule has 0 radical (unpaired) electrons. The third-order valence-electron chi connectivity index (χ3n) is 4.95. The Hall–Kier alpha value is -1.58. The van der Waals surface area contributed by atoms with E-state index in [0.717, 1.165) is 25.7 Å². The molecule has 0 saturated heterocycles. The van der Waals surface area contributed by atoms with Gasteiger partial charge in [-0.05, 0) is 44.0 Å². The molecule has 1 unspecified atom stereocenters. The predicted octanol–water partition coefficient (Wildman–Crippen LogP) is 3.02. The predicted molar refractivity (Wildman–Crippen MR) is 121 cm³/mol. The maximum atomic E-state index is 13.0. The lowest BCUT2D eigenvalue weighted by atomic mass is 9.84. The lowest BCUT2D eigenvalue weighted by Crippen LogP contribution is -2.50. The number of guanidine groups is 1. The van der Waals surface area contributed by atoms with Crippen molar-refractivity contribution in [3.05, 3.63) is 30.1 Å². The molecule has 8 heteroatoms. The first-order chi connectivity index (χ1) is 12.9. The van der Waals surface area contributed by atoms with Crippen LogP contribution in [0.5, 0.6) is 5.75 Å². The van der Waals surface area contributed by atoms with E-state index in [9.17, 15) is 9.18 Å². The van der Waals surface area contributed by atoms with E-state index in [1.54, 1.807) is 24.1 Å². The first-order valence-corrected chi connectivity index (χ1v) is 9.45. The van der Waals surface area contributed by atoms with E-state index < -0.39 is 0 Å². The lowest BCUT2D eigenvalue weighted by Gasteiger charge is -2.31. The highest BCUT2D eigenvalue weighted by Gasteiger charge is 2.42. The van der Waals surface area contributed by atoms with Crippen LogP contribution in [0.15, 0.2) is 29.3 Å². The Morgan fingerprint density at radius 1 is 1.25 bits per heavy atom. The third-order valence-corrected chi connectivity index (χ3v) is 4.95. The molecule has 1 aromatic rings. The van der Waals surface area contributed by atoms with Crippen molar-refractivity contribution >= 4 is 35.8 Å². The van der Waals surface area contributed by atoms with Gasteiger partial charge in [0.05, 0.1) is 12.0 Å². The first-order valence-electron chi connectivity index (χ1n) is 9.45. The van der Waals surface area contributed by atoms with Crippen LogP contribution in [0.25, 0.3) is 0 Å². The number of carbonyl (C=O) groups excluding carboxylic acids is 1. The summed E-state index contributed by atoms with van der Waals surface area (Å²) in [6, 6.07) is 5.96. The molecule has 1 amide bonds. The molecule has 2 N–H and O–H groups in total. The smallest absolute Gasteiger partial charge is 0.230 e. The van der Waals surface area contributed by atoms with Gasteiger partial charge in [-0.15, -0.1) is 24.0 Å². The summed E-state index contributed by atoms with van der Waals surface area (Å²) in [6.45, 7) is 3.03. The van der Waals surface area contributed by atoms with Gasteiger partial charge in [0.25, 0.3) is 0 Å². The van der Waals surface area contributed by atoms with E-state index >= 15 is 0 Å². The molecular weight excluding hydrogens is 474 g/mol. The highest BCUT2D eigenvalue weighted by atomic mass is 127. The Morgan fingerprint density at radius 2 is 1.86 bits per heavy atom. The average molecular weight is 506 g/mol. The molecule has 0 spiro atoms. The van der Waals surface area contributed by atoms with Crippen molar-refractivity contribution in [2.75, 3.05) is 34.2 Å². The van der Waals surface area contributed by atoms with E-state index in [-0.39, 0.29) is 47.2 Å². The summed E-state index contributed by atoms with van der Waals surface area (Å²) in [4.78, 5) is 18.6. The fourth-order valence-corrected chi connectivity index (χ4v) is 3.49. The molecule has 1 aromatic carbocycles. The second-order valence-electron chi connectivity index (χ2n) is 7.38. The average Bonchev–Trinajstić information content (AvgIpc) is 3.13. The summed E-state index contributed by atoms with van der Waals surface area (Å²) in [7, 11) is 5.32. The van der Waals surface area contributed by atoms with Crippen molar-refractivity contribution in [2.24, 2.45) is 10.4 Å². The molecule has 1 saturated carbocycles. The molecule has 1 aliphatic carbocycles. The Kier molecular flexibility index (Phi) is 9.98. The molecule has 28 heavy (non-hydrogen) atoms. The maximum Gasteiger partial charge on any atom is 0.230 e. The van der Waals surface area contributed by atoms with Crippen LogP contribution in [0.1, 0.15) is 32.6 Å². The molecule has 2 rings (SSSR count). The van der Waals surface area contributed by atoms with Gasteiger partial charge in [-0.1, -0.05) is 12.8 Å². The van der Waals surface area contributed by atoms with Crippen molar-refractivity contribution in [3.8, 4) is 5.75 Å². The molecule has 0 heterocycles. The van der Waals surface area contributed by atoms with Gasteiger partial charge in [-0.3, -0.25) is 9.79 Å². The summed E-state index contributed by atoms with van der Waals surface area (Å²) in [6.07, 6.45) is 3.83. The van der Waals surface area contributed by atoms with Gasteiger partial charge in [0, 0.05) is 27.7 Å². The number of ether oxygens (including phenoxy) is 1. The number of hydrogen-bond donors (Lipinski definition) is 2. The third kappa shape index (κ3) is 6.79. The SMILES string of the molecule is CN=C(NCC(C)Oc1ccc(F)cc1)NCC1(C(=O)N(C)C)CCCC1.I. The van der Waals surface area contributed by atoms with Gasteiger partial charge in [-0.25, -0.2) is 4.39 Å². The molecule has 1 fully saturated rings. The number of amides is 1.